The topological polar surface area (TPSA) is 66.6 Å². The molecule has 2 amide bonds. The zero-order valence-electron chi connectivity index (χ0n) is 14.5. The van der Waals surface area contributed by atoms with Crippen molar-refractivity contribution >= 4 is 11.8 Å². The fourth-order valence-electron chi connectivity index (χ4n) is 3.56. The number of carbonyl (C=O) groups excluding carboxylic acids is 2. The van der Waals surface area contributed by atoms with Crippen LogP contribution >= 0.6 is 0 Å². The average molecular weight is 309 g/mol. The Hall–Kier alpha value is -1.10. The van der Waals surface area contributed by atoms with Crippen molar-refractivity contribution in [2.24, 2.45) is 17.1 Å². The Bertz CT molecular complexity index is 434. The Morgan fingerprint density at radius 2 is 1.82 bits per heavy atom. The van der Waals surface area contributed by atoms with Crippen molar-refractivity contribution in [2.45, 2.75) is 65.5 Å². The summed E-state index contributed by atoms with van der Waals surface area (Å²) in [7, 11) is 0. The molecule has 5 heteroatoms. The van der Waals surface area contributed by atoms with Gasteiger partial charge in [-0.2, -0.15) is 0 Å². The number of carbonyl (C=O) groups is 2. The fourth-order valence-corrected chi connectivity index (χ4v) is 3.56. The maximum Gasteiger partial charge on any atom is 0.245 e. The second kappa shape index (κ2) is 6.57. The van der Waals surface area contributed by atoms with E-state index in [2.05, 4.69) is 13.8 Å². The Morgan fingerprint density at radius 1 is 1.14 bits per heavy atom. The molecule has 2 fully saturated rings. The van der Waals surface area contributed by atoms with Crippen LogP contribution in [0.2, 0.25) is 0 Å². The zero-order valence-corrected chi connectivity index (χ0v) is 14.5. The van der Waals surface area contributed by atoms with Crippen molar-refractivity contribution in [3.8, 4) is 0 Å². The molecule has 0 aromatic carbocycles. The highest BCUT2D eigenvalue weighted by atomic mass is 16.2. The minimum atomic E-state index is -0.270. The highest BCUT2D eigenvalue weighted by Gasteiger charge is 2.40. The van der Waals surface area contributed by atoms with Crippen molar-refractivity contribution in [3.05, 3.63) is 0 Å². The molecule has 0 aromatic rings. The van der Waals surface area contributed by atoms with Crippen LogP contribution in [0.15, 0.2) is 0 Å². The molecule has 2 N–H and O–H groups in total. The fraction of sp³-hybridized carbons (Fsp3) is 0.882. The number of rotatable bonds is 2. The van der Waals surface area contributed by atoms with Crippen LogP contribution < -0.4 is 5.73 Å². The largest absolute Gasteiger partial charge is 0.340 e. The van der Waals surface area contributed by atoms with Crippen LogP contribution in [0.4, 0.5) is 0 Å². The van der Waals surface area contributed by atoms with E-state index in [9.17, 15) is 9.59 Å². The Morgan fingerprint density at radius 3 is 2.41 bits per heavy atom. The lowest BCUT2D eigenvalue weighted by molar-refractivity contribution is -0.151. The van der Waals surface area contributed by atoms with Crippen LogP contribution in [-0.4, -0.2) is 53.3 Å². The van der Waals surface area contributed by atoms with Crippen LogP contribution in [0.5, 0.6) is 0 Å². The molecule has 2 rings (SSSR count). The standard InChI is InChI=1S/C17H31N3O2/c1-12(2)15(21)20-9-6-5-7-13(20)16(22)19-10-8-14(18)17(3,4)11-19/h12-14H,5-11,18H2,1-4H3. The van der Waals surface area contributed by atoms with E-state index < -0.39 is 0 Å². The summed E-state index contributed by atoms with van der Waals surface area (Å²) >= 11 is 0. The van der Waals surface area contributed by atoms with Crippen LogP contribution in [0, 0.1) is 11.3 Å². The predicted molar refractivity (Wildman–Crippen MR) is 87.1 cm³/mol. The summed E-state index contributed by atoms with van der Waals surface area (Å²) < 4.78 is 0. The van der Waals surface area contributed by atoms with Crippen molar-refractivity contribution in [2.75, 3.05) is 19.6 Å². The minimum Gasteiger partial charge on any atom is -0.340 e. The highest BCUT2D eigenvalue weighted by Crippen LogP contribution is 2.30. The van der Waals surface area contributed by atoms with Gasteiger partial charge in [0, 0.05) is 31.6 Å². The molecular weight excluding hydrogens is 278 g/mol. The number of nitrogens with zero attached hydrogens (tertiary/aromatic N) is 2. The number of piperidine rings is 2. The van der Waals surface area contributed by atoms with Gasteiger partial charge >= 0.3 is 0 Å². The van der Waals surface area contributed by atoms with Gasteiger partial charge in [-0.25, -0.2) is 0 Å². The number of likely N-dealkylation sites (tertiary alicyclic amines) is 2. The van der Waals surface area contributed by atoms with Crippen molar-refractivity contribution in [1.82, 2.24) is 9.80 Å². The van der Waals surface area contributed by atoms with Crippen LogP contribution in [0.3, 0.4) is 0 Å². The van der Waals surface area contributed by atoms with Gasteiger partial charge in [-0.05, 0) is 31.1 Å². The van der Waals surface area contributed by atoms with E-state index in [0.717, 1.165) is 25.7 Å². The van der Waals surface area contributed by atoms with Gasteiger partial charge in [0.15, 0.2) is 0 Å². The van der Waals surface area contributed by atoms with Crippen LogP contribution in [-0.2, 0) is 9.59 Å². The molecule has 5 nitrogen and oxygen atoms in total. The molecule has 0 aromatic heterocycles. The molecular formula is C17H31N3O2. The van der Waals surface area contributed by atoms with Gasteiger partial charge in [0.2, 0.25) is 11.8 Å². The second-order valence-electron chi connectivity index (χ2n) is 7.84. The van der Waals surface area contributed by atoms with Gasteiger partial charge in [0.1, 0.15) is 6.04 Å². The second-order valence-corrected chi connectivity index (χ2v) is 7.84. The van der Waals surface area contributed by atoms with E-state index in [1.54, 1.807) is 0 Å². The van der Waals surface area contributed by atoms with Gasteiger partial charge in [0.05, 0.1) is 0 Å². The molecule has 0 spiro atoms. The lowest BCUT2D eigenvalue weighted by Crippen LogP contribution is -2.59. The Balaban J connectivity index is 2.11. The predicted octanol–water partition coefficient (Wildman–Crippen LogP) is 1.61. The molecule has 2 atom stereocenters. The number of nitrogens with two attached hydrogens (primary N) is 1. The molecule has 2 aliphatic rings. The summed E-state index contributed by atoms with van der Waals surface area (Å²) in [6, 6.07) is -0.134. The zero-order chi connectivity index (χ0) is 16.5. The van der Waals surface area contributed by atoms with Gasteiger partial charge in [-0.1, -0.05) is 27.7 Å². The number of amides is 2. The Kier molecular flexibility index (Phi) is 5.15. The monoisotopic (exact) mass is 309 g/mol. The van der Waals surface area contributed by atoms with Gasteiger partial charge in [-0.15, -0.1) is 0 Å². The average Bonchev–Trinajstić information content (AvgIpc) is 2.48. The summed E-state index contributed by atoms with van der Waals surface area (Å²) in [4.78, 5) is 29.1. The first-order chi connectivity index (χ1) is 10.2. The van der Waals surface area contributed by atoms with Crippen molar-refractivity contribution in [3.63, 3.8) is 0 Å². The lowest BCUT2D eigenvalue weighted by Gasteiger charge is -2.45. The third kappa shape index (κ3) is 3.45. The lowest BCUT2D eigenvalue weighted by atomic mass is 9.79. The quantitative estimate of drug-likeness (QED) is 0.842. The maximum absolute atomic E-state index is 13.0. The third-order valence-electron chi connectivity index (χ3n) is 5.19. The van der Waals surface area contributed by atoms with E-state index in [1.807, 2.05) is 23.6 Å². The summed E-state index contributed by atoms with van der Waals surface area (Å²) in [6.45, 7) is 10.2. The minimum absolute atomic E-state index is 0.0559. The highest BCUT2D eigenvalue weighted by molar-refractivity contribution is 5.88. The van der Waals surface area contributed by atoms with Gasteiger partial charge < -0.3 is 15.5 Å². The van der Waals surface area contributed by atoms with Crippen LogP contribution in [0.1, 0.15) is 53.4 Å². The first-order valence-electron chi connectivity index (χ1n) is 8.59. The summed E-state index contributed by atoms with van der Waals surface area (Å²) in [5, 5.41) is 0. The van der Waals surface area contributed by atoms with E-state index >= 15 is 0 Å². The third-order valence-corrected chi connectivity index (χ3v) is 5.19. The molecule has 2 unspecified atom stereocenters. The molecule has 0 bridgehead atoms. The maximum atomic E-state index is 13.0. The molecule has 0 saturated carbocycles. The van der Waals surface area contributed by atoms with E-state index in [4.69, 9.17) is 5.73 Å². The number of hydrogen-bond donors (Lipinski definition) is 1. The molecule has 0 aliphatic carbocycles. The van der Waals surface area contributed by atoms with Crippen molar-refractivity contribution < 1.29 is 9.59 Å². The first kappa shape index (κ1) is 17.3. The molecule has 2 heterocycles. The smallest absolute Gasteiger partial charge is 0.245 e. The summed E-state index contributed by atoms with van der Waals surface area (Å²) in [6.07, 6.45) is 3.65. The first-order valence-corrected chi connectivity index (χ1v) is 8.59. The molecule has 2 aliphatic heterocycles. The Labute approximate surface area is 134 Å². The van der Waals surface area contributed by atoms with E-state index in [1.165, 1.54) is 0 Å². The molecule has 0 radical (unpaired) electrons. The SMILES string of the molecule is CC(C)C(=O)N1CCCCC1C(=O)N1CCC(N)C(C)(C)C1. The number of hydrogen-bond acceptors (Lipinski definition) is 3. The summed E-state index contributed by atoms with van der Waals surface area (Å²) in [5.41, 5.74) is 6.11. The molecule has 2 saturated heterocycles. The van der Waals surface area contributed by atoms with Crippen LogP contribution in [0.25, 0.3) is 0 Å². The van der Waals surface area contributed by atoms with Crippen molar-refractivity contribution in [1.29, 1.82) is 0 Å². The van der Waals surface area contributed by atoms with Gasteiger partial charge in [-0.3, -0.25) is 9.59 Å². The van der Waals surface area contributed by atoms with E-state index in [-0.39, 0.29) is 35.2 Å². The van der Waals surface area contributed by atoms with Gasteiger partial charge in [0.25, 0.3) is 0 Å². The summed E-state index contributed by atoms with van der Waals surface area (Å²) in [5.74, 6) is 0.166. The molecule has 22 heavy (non-hydrogen) atoms. The van der Waals surface area contributed by atoms with E-state index in [0.29, 0.717) is 19.6 Å². The normalized spacial score (nSPS) is 28.8. The molecule has 126 valence electrons.